The smallest absolute Gasteiger partial charge is 0.227 e. The number of carbonyl (C=O) groups is 1. The van der Waals surface area contributed by atoms with Gasteiger partial charge in [0, 0.05) is 5.69 Å². The minimum absolute atomic E-state index is 0.112. The van der Waals surface area contributed by atoms with Crippen LogP contribution < -0.4 is 5.32 Å². The number of nitrogens with one attached hydrogen (secondary N) is 1. The van der Waals surface area contributed by atoms with Gasteiger partial charge in [-0.25, -0.2) is 0 Å². The van der Waals surface area contributed by atoms with Gasteiger partial charge in [-0.15, -0.1) is 0 Å². The van der Waals surface area contributed by atoms with E-state index in [1.807, 2.05) is 45.0 Å². The summed E-state index contributed by atoms with van der Waals surface area (Å²) in [6, 6.07) is 7.67. The molecule has 0 unspecified atom stereocenters. The quantitative estimate of drug-likeness (QED) is 0.788. The van der Waals surface area contributed by atoms with Gasteiger partial charge in [-0.1, -0.05) is 44.9 Å². The first-order valence-electron chi connectivity index (χ1n) is 7.08. The highest BCUT2D eigenvalue weighted by Crippen LogP contribution is 2.24. The van der Waals surface area contributed by atoms with Gasteiger partial charge in [0.05, 0.1) is 12.0 Å². The fourth-order valence-corrected chi connectivity index (χ4v) is 2.44. The van der Waals surface area contributed by atoms with Gasteiger partial charge in [0.25, 0.3) is 0 Å². The number of hydrogen-bond donors (Lipinski definition) is 2. The summed E-state index contributed by atoms with van der Waals surface area (Å²) in [5, 5.41) is 13.4. The predicted molar refractivity (Wildman–Crippen MR) is 79.2 cm³/mol. The lowest BCUT2D eigenvalue weighted by molar-refractivity contribution is -0.121. The third-order valence-electron chi connectivity index (χ3n) is 3.34. The molecule has 0 spiro atoms. The molecule has 0 aliphatic rings. The Morgan fingerprint density at radius 1 is 1.21 bits per heavy atom. The third-order valence-corrected chi connectivity index (χ3v) is 3.34. The molecule has 3 heteroatoms. The van der Waals surface area contributed by atoms with Crippen LogP contribution in [0.25, 0.3) is 0 Å². The molecule has 0 saturated carbocycles. The summed E-state index contributed by atoms with van der Waals surface area (Å²) in [4.78, 5) is 12.1. The average Bonchev–Trinajstić information content (AvgIpc) is 2.32. The highest BCUT2D eigenvalue weighted by molar-refractivity contribution is 5.92. The Kier molecular flexibility index (Phi) is 6.03. The number of para-hydroxylation sites is 1. The SMILES string of the molecule is CCCC(O)(CCC)CC(=O)Nc1ccccc1C. The fourth-order valence-electron chi connectivity index (χ4n) is 2.44. The van der Waals surface area contributed by atoms with E-state index in [-0.39, 0.29) is 12.3 Å². The van der Waals surface area contributed by atoms with E-state index in [1.165, 1.54) is 0 Å². The molecule has 0 bridgehead atoms. The zero-order valence-corrected chi connectivity index (χ0v) is 12.2. The van der Waals surface area contributed by atoms with Gasteiger partial charge >= 0.3 is 0 Å². The first-order chi connectivity index (χ1) is 9.00. The molecule has 0 atom stereocenters. The van der Waals surface area contributed by atoms with Crippen LogP contribution in [-0.2, 0) is 4.79 Å². The summed E-state index contributed by atoms with van der Waals surface area (Å²) >= 11 is 0. The molecule has 2 N–H and O–H groups in total. The lowest BCUT2D eigenvalue weighted by atomic mass is 9.89. The number of aliphatic hydroxyl groups is 1. The van der Waals surface area contributed by atoms with Gasteiger partial charge in [0.15, 0.2) is 0 Å². The molecule has 0 heterocycles. The molecule has 0 aliphatic heterocycles. The second kappa shape index (κ2) is 7.29. The predicted octanol–water partition coefficient (Wildman–Crippen LogP) is 3.65. The Morgan fingerprint density at radius 3 is 2.32 bits per heavy atom. The number of amides is 1. The number of hydrogen-bond acceptors (Lipinski definition) is 2. The van der Waals surface area contributed by atoms with Gasteiger partial charge in [-0.2, -0.15) is 0 Å². The van der Waals surface area contributed by atoms with Crippen molar-refractivity contribution in [3.8, 4) is 0 Å². The Balaban J connectivity index is 2.65. The zero-order valence-electron chi connectivity index (χ0n) is 12.2. The summed E-state index contributed by atoms with van der Waals surface area (Å²) < 4.78 is 0. The Bertz CT molecular complexity index is 409. The first kappa shape index (κ1) is 15.7. The van der Waals surface area contributed by atoms with E-state index < -0.39 is 5.60 Å². The van der Waals surface area contributed by atoms with Crippen molar-refractivity contribution in [3.63, 3.8) is 0 Å². The highest BCUT2D eigenvalue weighted by atomic mass is 16.3. The maximum atomic E-state index is 12.1. The first-order valence-corrected chi connectivity index (χ1v) is 7.08. The molecule has 0 fully saturated rings. The fraction of sp³-hybridized carbons (Fsp3) is 0.562. The maximum absolute atomic E-state index is 12.1. The van der Waals surface area contributed by atoms with E-state index in [0.717, 1.165) is 24.1 Å². The monoisotopic (exact) mass is 263 g/mol. The van der Waals surface area contributed by atoms with Gasteiger partial charge < -0.3 is 10.4 Å². The normalized spacial score (nSPS) is 11.4. The van der Waals surface area contributed by atoms with E-state index in [1.54, 1.807) is 0 Å². The highest BCUT2D eigenvalue weighted by Gasteiger charge is 2.28. The standard InChI is InChI=1S/C16H25NO2/c1-4-10-16(19,11-5-2)12-15(18)17-14-9-7-6-8-13(14)3/h6-9,19H,4-5,10-12H2,1-3H3,(H,17,18). The van der Waals surface area contributed by atoms with Crippen molar-refractivity contribution >= 4 is 11.6 Å². The minimum Gasteiger partial charge on any atom is -0.389 e. The van der Waals surface area contributed by atoms with E-state index >= 15 is 0 Å². The molecule has 19 heavy (non-hydrogen) atoms. The van der Waals surface area contributed by atoms with Crippen molar-refractivity contribution in [1.82, 2.24) is 0 Å². The van der Waals surface area contributed by atoms with Crippen LogP contribution in [0.15, 0.2) is 24.3 Å². The van der Waals surface area contributed by atoms with Crippen LogP contribution in [0.4, 0.5) is 5.69 Å². The molecule has 1 aromatic rings. The van der Waals surface area contributed by atoms with Crippen LogP contribution in [0.2, 0.25) is 0 Å². The summed E-state index contributed by atoms with van der Waals surface area (Å²) in [5.41, 5.74) is 0.990. The van der Waals surface area contributed by atoms with Crippen molar-refractivity contribution in [2.45, 2.75) is 58.5 Å². The molecule has 1 rings (SSSR count). The largest absolute Gasteiger partial charge is 0.389 e. The van der Waals surface area contributed by atoms with Crippen LogP contribution in [0, 0.1) is 6.92 Å². The second-order valence-corrected chi connectivity index (χ2v) is 5.26. The second-order valence-electron chi connectivity index (χ2n) is 5.26. The molecular weight excluding hydrogens is 238 g/mol. The Labute approximate surface area is 116 Å². The van der Waals surface area contributed by atoms with E-state index in [4.69, 9.17) is 0 Å². The molecule has 0 radical (unpaired) electrons. The third kappa shape index (κ3) is 5.03. The number of carbonyl (C=O) groups excluding carboxylic acids is 1. The lowest BCUT2D eigenvalue weighted by Gasteiger charge is -2.27. The number of rotatable bonds is 7. The maximum Gasteiger partial charge on any atom is 0.227 e. The zero-order chi connectivity index (χ0) is 14.3. The molecular formula is C16H25NO2. The van der Waals surface area contributed by atoms with Crippen molar-refractivity contribution in [2.24, 2.45) is 0 Å². The van der Waals surface area contributed by atoms with Crippen molar-refractivity contribution < 1.29 is 9.90 Å². The van der Waals surface area contributed by atoms with Crippen LogP contribution in [0.1, 0.15) is 51.5 Å². The van der Waals surface area contributed by atoms with Crippen LogP contribution >= 0.6 is 0 Å². The summed E-state index contributed by atoms with van der Waals surface area (Å²) in [7, 11) is 0. The van der Waals surface area contributed by atoms with Crippen LogP contribution in [0.3, 0.4) is 0 Å². The molecule has 3 nitrogen and oxygen atoms in total. The van der Waals surface area contributed by atoms with Crippen LogP contribution in [0.5, 0.6) is 0 Å². The molecule has 0 saturated heterocycles. The van der Waals surface area contributed by atoms with Gasteiger partial charge in [-0.05, 0) is 31.4 Å². The van der Waals surface area contributed by atoms with Gasteiger partial charge in [-0.3, -0.25) is 4.79 Å². The number of anilines is 1. The number of aryl methyl sites for hydroxylation is 1. The van der Waals surface area contributed by atoms with Crippen molar-refractivity contribution in [2.75, 3.05) is 5.32 Å². The van der Waals surface area contributed by atoms with Crippen LogP contribution in [-0.4, -0.2) is 16.6 Å². The molecule has 106 valence electrons. The van der Waals surface area contributed by atoms with Gasteiger partial charge in [0.2, 0.25) is 5.91 Å². The molecule has 0 aliphatic carbocycles. The van der Waals surface area contributed by atoms with Crippen molar-refractivity contribution in [1.29, 1.82) is 0 Å². The van der Waals surface area contributed by atoms with E-state index in [2.05, 4.69) is 5.32 Å². The lowest BCUT2D eigenvalue weighted by Crippen LogP contribution is -2.33. The van der Waals surface area contributed by atoms with Crippen molar-refractivity contribution in [3.05, 3.63) is 29.8 Å². The minimum atomic E-state index is -0.865. The van der Waals surface area contributed by atoms with E-state index in [0.29, 0.717) is 12.8 Å². The molecule has 0 aromatic heterocycles. The van der Waals surface area contributed by atoms with E-state index in [9.17, 15) is 9.90 Å². The van der Waals surface area contributed by atoms with Gasteiger partial charge in [0.1, 0.15) is 0 Å². The Morgan fingerprint density at radius 2 is 1.79 bits per heavy atom. The number of benzene rings is 1. The topological polar surface area (TPSA) is 49.3 Å². The summed E-state index contributed by atoms with van der Waals surface area (Å²) in [5.74, 6) is -0.112. The Hall–Kier alpha value is -1.35. The average molecular weight is 263 g/mol. The molecule has 1 amide bonds. The summed E-state index contributed by atoms with van der Waals surface area (Å²) in [6.07, 6.45) is 3.27. The summed E-state index contributed by atoms with van der Waals surface area (Å²) in [6.45, 7) is 6.01. The molecule has 1 aromatic carbocycles.